The summed E-state index contributed by atoms with van der Waals surface area (Å²) in [5.41, 5.74) is 6.38. The van der Waals surface area contributed by atoms with Crippen molar-refractivity contribution >= 4 is 11.9 Å². The number of aliphatic hydroxyl groups is 1. The fraction of sp³-hybridized carbons (Fsp3) is 0.333. The molecule has 18 heavy (non-hydrogen) atoms. The van der Waals surface area contributed by atoms with Crippen LogP contribution in [0.2, 0.25) is 0 Å². The molecule has 0 radical (unpaired) electrons. The second-order valence-electron chi connectivity index (χ2n) is 3.88. The SMILES string of the molecule is Cc1ccc(OC(C)C(=O)NC(N)=O)c(CO)c1. The molecule has 6 nitrogen and oxygen atoms in total. The highest BCUT2D eigenvalue weighted by Crippen LogP contribution is 2.21. The zero-order chi connectivity index (χ0) is 13.7. The van der Waals surface area contributed by atoms with Crippen molar-refractivity contribution in [3.05, 3.63) is 29.3 Å². The largest absolute Gasteiger partial charge is 0.481 e. The minimum Gasteiger partial charge on any atom is -0.481 e. The number of hydrogen-bond donors (Lipinski definition) is 3. The topological polar surface area (TPSA) is 102 Å². The Morgan fingerprint density at radius 3 is 2.72 bits per heavy atom. The Hall–Kier alpha value is -2.08. The van der Waals surface area contributed by atoms with E-state index in [1.54, 1.807) is 18.2 Å². The van der Waals surface area contributed by atoms with Crippen molar-refractivity contribution in [2.45, 2.75) is 26.6 Å². The van der Waals surface area contributed by atoms with Gasteiger partial charge in [-0.25, -0.2) is 4.79 Å². The predicted octanol–water partition coefficient (Wildman–Crippen LogP) is 0.450. The van der Waals surface area contributed by atoms with Crippen molar-refractivity contribution in [3.63, 3.8) is 0 Å². The molecule has 0 saturated heterocycles. The maximum absolute atomic E-state index is 11.4. The molecule has 0 aliphatic carbocycles. The summed E-state index contributed by atoms with van der Waals surface area (Å²) < 4.78 is 5.37. The minimum atomic E-state index is -0.929. The first kappa shape index (κ1) is 14.0. The van der Waals surface area contributed by atoms with Crippen LogP contribution in [0.3, 0.4) is 0 Å². The normalized spacial score (nSPS) is 11.7. The number of hydrogen-bond acceptors (Lipinski definition) is 4. The second-order valence-corrected chi connectivity index (χ2v) is 3.88. The maximum atomic E-state index is 11.4. The number of benzene rings is 1. The number of amides is 3. The first-order valence-corrected chi connectivity index (χ1v) is 5.41. The molecule has 0 heterocycles. The summed E-state index contributed by atoms with van der Waals surface area (Å²) >= 11 is 0. The quantitative estimate of drug-likeness (QED) is 0.724. The fourth-order valence-corrected chi connectivity index (χ4v) is 1.41. The molecule has 0 aliphatic rings. The van der Waals surface area contributed by atoms with Crippen LogP contribution in [-0.4, -0.2) is 23.1 Å². The number of nitrogens with one attached hydrogen (secondary N) is 1. The number of carbonyl (C=O) groups excluding carboxylic acids is 2. The summed E-state index contributed by atoms with van der Waals surface area (Å²) in [6, 6.07) is 4.29. The van der Waals surface area contributed by atoms with Crippen molar-refractivity contribution < 1.29 is 19.4 Å². The van der Waals surface area contributed by atoms with Gasteiger partial charge in [0.15, 0.2) is 6.10 Å². The van der Waals surface area contributed by atoms with Crippen LogP contribution in [0.15, 0.2) is 18.2 Å². The smallest absolute Gasteiger partial charge is 0.318 e. The molecule has 0 fully saturated rings. The Balaban J connectivity index is 2.78. The van der Waals surface area contributed by atoms with E-state index >= 15 is 0 Å². The van der Waals surface area contributed by atoms with Gasteiger partial charge in [-0.1, -0.05) is 17.7 Å². The molecule has 98 valence electrons. The van der Waals surface area contributed by atoms with Crippen molar-refractivity contribution in [1.29, 1.82) is 0 Å². The molecular weight excluding hydrogens is 236 g/mol. The fourth-order valence-electron chi connectivity index (χ4n) is 1.41. The van der Waals surface area contributed by atoms with E-state index in [-0.39, 0.29) is 6.61 Å². The van der Waals surface area contributed by atoms with E-state index in [0.29, 0.717) is 11.3 Å². The van der Waals surface area contributed by atoms with E-state index in [1.807, 2.05) is 12.2 Å². The highest BCUT2D eigenvalue weighted by atomic mass is 16.5. The number of aryl methyl sites for hydroxylation is 1. The molecule has 0 bridgehead atoms. The van der Waals surface area contributed by atoms with Crippen LogP contribution < -0.4 is 15.8 Å². The first-order valence-electron chi connectivity index (χ1n) is 5.41. The summed E-state index contributed by atoms with van der Waals surface area (Å²) in [4.78, 5) is 22.0. The third-order valence-corrected chi connectivity index (χ3v) is 2.31. The standard InChI is InChI=1S/C12H16N2O4/c1-7-3-4-10(9(5-7)6-15)18-8(2)11(16)14-12(13)17/h3-5,8,15H,6H2,1-2H3,(H3,13,14,16,17). The van der Waals surface area contributed by atoms with Crippen LogP contribution in [0.1, 0.15) is 18.1 Å². The minimum absolute atomic E-state index is 0.193. The van der Waals surface area contributed by atoms with Crippen LogP contribution in [-0.2, 0) is 11.4 Å². The maximum Gasteiger partial charge on any atom is 0.318 e. The number of aliphatic hydroxyl groups excluding tert-OH is 1. The van der Waals surface area contributed by atoms with Gasteiger partial charge in [0.2, 0.25) is 0 Å². The molecule has 0 aromatic heterocycles. The van der Waals surface area contributed by atoms with Gasteiger partial charge >= 0.3 is 6.03 Å². The van der Waals surface area contributed by atoms with Crippen molar-refractivity contribution in [3.8, 4) is 5.75 Å². The van der Waals surface area contributed by atoms with Gasteiger partial charge in [-0.2, -0.15) is 0 Å². The molecule has 0 aliphatic heterocycles. The summed E-state index contributed by atoms with van der Waals surface area (Å²) in [6.07, 6.45) is -0.884. The van der Waals surface area contributed by atoms with Gasteiger partial charge in [-0.3, -0.25) is 10.1 Å². The Kier molecular flexibility index (Phi) is 4.67. The molecule has 1 rings (SSSR count). The number of imide groups is 1. The van der Waals surface area contributed by atoms with Crippen molar-refractivity contribution in [2.24, 2.45) is 5.73 Å². The lowest BCUT2D eigenvalue weighted by molar-refractivity contribution is -0.126. The molecule has 0 spiro atoms. The second kappa shape index (κ2) is 6.02. The summed E-state index contributed by atoms with van der Waals surface area (Å²) in [5, 5.41) is 11.1. The van der Waals surface area contributed by atoms with Gasteiger partial charge < -0.3 is 15.6 Å². The van der Waals surface area contributed by atoms with E-state index in [9.17, 15) is 14.7 Å². The molecule has 6 heteroatoms. The zero-order valence-electron chi connectivity index (χ0n) is 10.3. The van der Waals surface area contributed by atoms with Gasteiger partial charge in [0.25, 0.3) is 5.91 Å². The van der Waals surface area contributed by atoms with Crippen molar-refractivity contribution in [1.82, 2.24) is 5.32 Å². The number of urea groups is 1. The molecule has 1 aromatic carbocycles. The molecule has 1 aromatic rings. The van der Waals surface area contributed by atoms with Crippen molar-refractivity contribution in [2.75, 3.05) is 0 Å². The van der Waals surface area contributed by atoms with E-state index < -0.39 is 18.0 Å². The predicted molar refractivity (Wildman–Crippen MR) is 64.9 cm³/mol. The average Bonchev–Trinajstić information content (AvgIpc) is 2.30. The van der Waals surface area contributed by atoms with Gasteiger partial charge in [0, 0.05) is 5.56 Å². The van der Waals surface area contributed by atoms with Crippen LogP contribution >= 0.6 is 0 Å². The van der Waals surface area contributed by atoms with E-state index in [2.05, 4.69) is 0 Å². The van der Waals surface area contributed by atoms with Gasteiger partial charge in [0.05, 0.1) is 6.61 Å². The molecular formula is C12H16N2O4. The Bertz CT molecular complexity index is 459. The van der Waals surface area contributed by atoms with E-state index in [1.165, 1.54) is 6.92 Å². The molecule has 0 saturated carbocycles. The number of nitrogens with two attached hydrogens (primary N) is 1. The highest BCUT2D eigenvalue weighted by molar-refractivity contribution is 5.95. The average molecular weight is 252 g/mol. The third-order valence-electron chi connectivity index (χ3n) is 2.31. The lowest BCUT2D eigenvalue weighted by Gasteiger charge is -2.16. The highest BCUT2D eigenvalue weighted by Gasteiger charge is 2.17. The Morgan fingerprint density at radius 2 is 2.17 bits per heavy atom. The summed E-state index contributed by atoms with van der Waals surface area (Å²) in [7, 11) is 0. The lowest BCUT2D eigenvalue weighted by atomic mass is 10.1. The summed E-state index contributed by atoms with van der Waals surface area (Å²) in [6.45, 7) is 3.17. The summed E-state index contributed by atoms with van der Waals surface area (Å²) in [5.74, 6) is -0.234. The molecule has 1 atom stereocenters. The van der Waals surface area contributed by atoms with E-state index in [4.69, 9.17) is 10.5 Å². The lowest BCUT2D eigenvalue weighted by Crippen LogP contribution is -2.42. The van der Waals surface area contributed by atoms with Crippen LogP contribution in [0, 0.1) is 6.92 Å². The number of primary amides is 1. The number of carbonyl (C=O) groups is 2. The monoisotopic (exact) mass is 252 g/mol. The van der Waals surface area contributed by atoms with E-state index in [0.717, 1.165) is 5.56 Å². The Morgan fingerprint density at radius 1 is 1.50 bits per heavy atom. The van der Waals surface area contributed by atoms with Crippen LogP contribution in [0.25, 0.3) is 0 Å². The van der Waals surface area contributed by atoms with Gasteiger partial charge in [-0.15, -0.1) is 0 Å². The molecule has 4 N–H and O–H groups in total. The van der Waals surface area contributed by atoms with Crippen LogP contribution in [0.5, 0.6) is 5.75 Å². The molecule has 1 unspecified atom stereocenters. The third kappa shape index (κ3) is 3.74. The Labute approximate surface area is 105 Å². The van der Waals surface area contributed by atoms with Gasteiger partial charge in [0.1, 0.15) is 5.75 Å². The number of ether oxygens (including phenoxy) is 1. The molecule has 3 amide bonds. The first-order chi connectivity index (χ1) is 8.43. The van der Waals surface area contributed by atoms with Crippen LogP contribution in [0.4, 0.5) is 4.79 Å². The van der Waals surface area contributed by atoms with Gasteiger partial charge in [-0.05, 0) is 19.9 Å². The zero-order valence-corrected chi connectivity index (χ0v) is 10.3. The number of rotatable bonds is 4.